The fourth-order valence-electron chi connectivity index (χ4n) is 3.02. The van der Waals surface area contributed by atoms with Crippen LogP contribution >= 0.6 is 0 Å². The fourth-order valence-corrected chi connectivity index (χ4v) is 3.02. The maximum Gasteiger partial charge on any atom is 0.319 e. The first-order valence-corrected chi connectivity index (χ1v) is 6.95. The molecule has 0 spiro atoms. The zero-order valence-corrected chi connectivity index (χ0v) is 11.9. The van der Waals surface area contributed by atoms with Crippen molar-refractivity contribution in [2.75, 3.05) is 13.6 Å². The molecule has 1 heterocycles. The van der Waals surface area contributed by atoms with Gasteiger partial charge in [0.05, 0.1) is 5.41 Å². The molecule has 0 aromatic heterocycles. The summed E-state index contributed by atoms with van der Waals surface area (Å²) in [5.41, 5.74) is 1.29. The molecular weight excluding hydrogens is 264 g/mol. The molecule has 4 heteroatoms. The number of carbonyl (C=O) groups is 1. The van der Waals surface area contributed by atoms with Gasteiger partial charge in [0.25, 0.3) is 0 Å². The van der Waals surface area contributed by atoms with Crippen LogP contribution in [0.5, 0.6) is 0 Å². The molecule has 4 nitrogen and oxygen atoms in total. The summed E-state index contributed by atoms with van der Waals surface area (Å²) in [4.78, 5) is 13.4. The van der Waals surface area contributed by atoms with Crippen LogP contribution in [-0.4, -0.2) is 35.9 Å². The van der Waals surface area contributed by atoms with Crippen LogP contribution in [0.25, 0.3) is 0 Å². The van der Waals surface area contributed by atoms with Crippen LogP contribution in [0.2, 0.25) is 0 Å². The Morgan fingerprint density at radius 3 is 2.00 bits per heavy atom. The highest BCUT2D eigenvalue weighted by Gasteiger charge is 2.47. The molecular formula is C17H18N2O2. The maximum absolute atomic E-state index is 11.8. The number of likely N-dealkylation sites (N-methyl/N-ethyl adjacent to an activating group) is 1. The molecule has 1 fully saturated rings. The van der Waals surface area contributed by atoms with Crippen molar-refractivity contribution < 1.29 is 9.90 Å². The van der Waals surface area contributed by atoms with Crippen molar-refractivity contribution in [1.29, 1.82) is 0 Å². The molecule has 1 atom stereocenters. The summed E-state index contributed by atoms with van der Waals surface area (Å²) in [6.07, 6.45) is -0.967. The van der Waals surface area contributed by atoms with Gasteiger partial charge < -0.3 is 15.3 Å². The molecule has 3 rings (SSSR count). The normalized spacial score (nSPS) is 21.0. The molecule has 1 unspecified atom stereocenters. The van der Waals surface area contributed by atoms with Gasteiger partial charge in [0.1, 0.15) is 6.23 Å². The minimum Gasteiger partial charge on any atom is -0.372 e. The standard InChI is InChI=1S/C17H18N2O2/c1-19-12-17(15(20)18-16(19)21,13-8-4-2-5-9-13)14-10-6-3-7-11-14/h2-11,15,20H,12H2,1H3,(H,18,21). The van der Waals surface area contributed by atoms with Gasteiger partial charge in [-0.1, -0.05) is 60.7 Å². The summed E-state index contributed by atoms with van der Waals surface area (Å²) in [6, 6.07) is 19.4. The first-order valence-electron chi connectivity index (χ1n) is 6.95. The molecule has 1 saturated heterocycles. The lowest BCUT2D eigenvalue weighted by molar-refractivity contribution is 0.0350. The number of aliphatic hydroxyl groups is 1. The lowest BCUT2D eigenvalue weighted by Crippen LogP contribution is -2.64. The summed E-state index contributed by atoms with van der Waals surface area (Å²) in [7, 11) is 1.74. The molecule has 21 heavy (non-hydrogen) atoms. The highest BCUT2D eigenvalue weighted by molar-refractivity contribution is 5.76. The van der Waals surface area contributed by atoms with Crippen LogP contribution in [0.1, 0.15) is 11.1 Å². The van der Waals surface area contributed by atoms with E-state index in [0.717, 1.165) is 11.1 Å². The minimum atomic E-state index is -0.967. The molecule has 0 aliphatic carbocycles. The molecule has 0 saturated carbocycles. The lowest BCUT2D eigenvalue weighted by atomic mass is 9.71. The molecule has 108 valence electrons. The van der Waals surface area contributed by atoms with E-state index in [1.807, 2.05) is 60.7 Å². The van der Waals surface area contributed by atoms with Crippen molar-refractivity contribution in [3.63, 3.8) is 0 Å². The van der Waals surface area contributed by atoms with Gasteiger partial charge in [-0.15, -0.1) is 0 Å². The summed E-state index contributed by atoms with van der Waals surface area (Å²) >= 11 is 0. The predicted molar refractivity (Wildman–Crippen MR) is 80.8 cm³/mol. The average Bonchev–Trinajstić information content (AvgIpc) is 2.53. The molecule has 2 amide bonds. The number of aliphatic hydroxyl groups excluding tert-OH is 1. The van der Waals surface area contributed by atoms with Gasteiger partial charge >= 0.3 is 6.03 Å². The van der Waals surface area contributed by atoms with Crippen molar-refractivity contribution in [3.8, 4) is 0 Å². The third-order valence-corrected chi connectivity index (χ3v) is 4.14. The monoisotopic (exact) mass is 282 g/mol. The number of amides is 2. The highest BCUT2D eigenvalue weighted by Crippen LogP contribution is 2.37. The Morgan fingerprint density at radius 1 is 1.05 bits per heavy atom. The van der Waals surface area contributed by atoms with Gasteiger partial charge in [0.2, 0.25) is 0 Å². The number of rotatable bonds is 2. The second-order valence-corrected chi connectivity index (χ2v) is 5.41. The Labute approximate surface area is 124 Å². The first kappa shape index (κ1) is 13.6. The molecule has 1 aliphatic heterocycles. The van der Waals surface area contributed by atoms with Crippen LogP contribution < -0.4 is 5.32 Å². The average molecular weight is 282 g/mol. The smallest absolute Gasteiger partial charge is 0.319 e. The van der Waals surface area contributed by atoms with Crippen molar-refractivity contribution in [3.05, 3.63) is 71.8 Å². The van der Waals surface area contributed by atoms with Crippen LogP contribution in [0, 0.1) is 0 Å². The summed E-state index contributed by atoms with van der Waals surface area (Å²) in [5, 5.41) is 13.3. The van der Waals surface area contributed by atoms with E-state index in [1.54, 1.807) is 11.9 Å². The number of carbonyl (C=O) groups excluding carboxylic acids is 1. The van der Waals surface area contributed by atoms with E-state index in [9.17, 15) is 9.90 Å². The first-order chi connectivity index (χ1) is 10.1. The highest BCUT2D eigenvalue weighted by atomic mass is 16.3. The number of nitrogens with zero attached hydrogens (tertiary/aromatic N) is 1. The van der Waals surface area contributed by atoms with Gasteiger partial charge in [-0.05, 0) is 11.1 Å². The molecule has 2 aromatic rings. The van der Waals surface area contributed by atoms with E-state index in [0.29, 0.717) is 6.54 Å². The third-order valence-electron chi connectivity index (χ3n) is 4.14. The second-order valence-electron chi connectivity index (χ2n) is 5.41. The Morgan fingerprint density at radius 2 is 1.52 bits per heavy atom. The molecule has 1 aliphatic rings. The van der Waals surface area contributed by atoms with E-state index in [2.05, 4.69) is 5.32 Å². The van der Waals surface area contributed by atoms with Crippen molar-refractivity contribution >= 4 is 6.03 Å². The molecule has 2 aromatic carbocycles. The van der Waals surface area contributed by atoms with Gasteiger partial charge in [-0.2, -0.15) is 0 Å². The fraction of sp³-hybridized carbons (Fsp3) is 0.235. The van der Waals surface area contributed by atoms with Crippen molar-refractivity contribution in [1.82, 2.24) is 10.2 Å². The number of hydrogen-bond acceptors (Lipinski definition) is 2. The van der Waals surface area contributed by atoms with Crippen molar-refractivity contribution in [2.45, 2.75) is 11.6 Å². The van der Waals surface area contributed by atoms with E-state index < -0.39 is 11.6 Å². The van der Waals surface area contributed by atoms with Gasteiger partial charge in [-0.25, -0.2) is 4.79 Å². The van der Waals surface area contributed by atoms with E-state index >= 15 is 0 Å². The van der Waals surface area contributed by atoms with Crippen molar-refractivity contribution in [2.24, 2.45) is 0 Å². The molecule has 2 N–H and O–H groups in total. The third kappa shape index (κ3) is 2.17. The zero-order valence-electron chi connectivity index (χ0n) is 11.9. The molecule has 0 radical (unpaired) electrons. The van der Waals surface area contributed by atoms with Crippen LogP contribution in [0.15, 0.2) is 60.7 Å². The lowest BCUT2D eigenvalue weighted by Gasteiger charge is -2.46. The second kappa shape index (κ2) is 5.22. The topological polar surface area (TPSA) is 52.6 Å². The van der Waals surface area contributed by atoms with Crippen LogP contribution in [0.3, 0.4) is 0 Å². The number of benzene rings is 2. The zero-order chi connectivity index (χ0) is 14.9. The van der Waals surface area contributed by atoms with Crippen LogP contribution in [-0.2, 0) is 5.41 Å². The number of nitrogens with one attached hydrogen (secondary N) is 1. The SMILES string of the molecule is CN1CC(c2ccccc2)(c2ccccc2)C(O)NC1=O. The minimum absolute atomic E-state index is 0.259. The Bertz CT molecular complexity index is 588. The van der Waals surface area contributed by atoms with Gasteiger partial charge in [0.15, 0.2) is 0 Å². The van der Waals surface area contributed by atoms with E-state index in [-0.39, 0.29) is 6.03 Å². The number of hydrogen-bond donors (Lipinski definition) is 2. The van der Waals surface area contributed by atoms with Crippen LogP contribution in [0.4, 0.5) is 4.79 Å². The summed E-state index contributed by atoms with van der Waals surface area (Å²) in [6.45, 7) is 0.425. The van der Waals surface area contributed by atoms with E-state index in [4.69, 9.17) is 0 Å². The van der Waals surface area contributed by atoms with E-state index in [1.165, 1.54) is 0 Å². The maximum atomic E-state index is 11.8. The quantitative estimate of drug-likeness (QED) is 0.884. The van der Waals surface area contributed by atoms with Gasteiger partial charge in [-0.3, -0.25) is 0 Å². The molecule has 0 bridgehead atoms. The van der Waals surface area contributed by atoms with Gasteiger partial charge in [0, 0.05) is 13.6 Å². The number of urea groups is 1. The Kier molecular flexibility index (Phi) is 3.39. The Balaban J connectivity index is 2.18. The summed E-state index contributed by atoms with van der Waals surface area (Å²) < 4.78 is 0. The predicted octanol–water partition coefficient (Wildman–Crippen LogP) is 1.95. The summed E-state index contributed by atoms with van der Waals surface area (Å²) in [5.74, 6) is 0. The Hall–Kier alpha value is -2.33. The largest absolute Gasteiger partial charge is 0.372 e.